The van der Waals surface area contributed by atoms with Crippen molar-refractivity contribution >= 4 is 5.57 Å². The van der Waals surface area contributed by atoms with Crippen LogP contribution >= 0.6 is 0 Å². The molecule has 0 spiro atoms. The van der Waals surface area contributed by atoms with Crippen LogP contribution in [0.2, 0.25) is 0 Å². The van der Waals surface area contributed by atoms with Crippen LogP contribution in [0, 0.1) is 0 Å². The largest absolute Gasteiger partial charge is 0.507 e. The van der Waals surface area contributed by atoms with E-state index in [2.05, 4.69) is 120 Å². The average Bonchev–Trinajstić information content (AvgIpc) is 2.92. The van der Waals surface area contributed by atoms with Gasteiger partial charge in [0.15, 0.2) is 0 Å². The summed E-state index contributed by atoms with van der Waals surface area (Å²) in [4.78, 5) is 0. The van der Waals surface area contributed by atoms with E-state index >= 15 is 0 Å². The molecule has 3 aromatic rings. The number of hydrogen-bond donors (Lipinski definition) is 5. The molecule has 1 fully saturated rings. The highest BCUT2D eigenvalue weighted by atomic mass is 16.3. The second kappa shape index (κ2) is 12.4. The van der Waals surface area contributed by atoms with Crippen LogP contribution < -0.4 is 16.0 Å². The molecule has 3 aromatic carbocycles. The summed E-state index contributed by atoms with van der Waals surface area (Å²) in [7, 11) is 0. The van der Waals surface area contributed by atoms with Gasteiger partial charge in [-0.1, -0.05) is 116 Å². The van der Waals surface area contributed by atoms with Crippen molar-refractivity contribution in [2.75, 3.05) is 0 Å². The minimum atomic E-state index is -0.376. The third-order valence-corrected chi connectivity index (χ3v) is 8.14. The van der Waals surface area contributed by atoms with E-state index in [0.29, 0.717) is 11.1 Å². The predicted octanol–water partition coefficient (Wildman–Crippen LogP) is 8.46. The number of unbranched alkanes of at least 4 members (excludes halogenated alkanes) is 2. The fourth-order valence-corrected chi connectivity index (χ4v) is 5.39. The SMILES string of the molecule is C=C(CCCCC)c1cc(C2NC(c3ccc(C(C)(C)C)cc3)NC(c3ccc(C(C)(C)C)cc3)N2)c(O)cc1O. The third kappa shape index (κ3) is 7.40. The Bertz CT molecular complexity index is 1270. The number of allylic oxidation sites excluding steroid dienone is 1. The van der Waals surface area contributed by atoms with Crippen molar-refractivity contribution in [2.24, 2.45) is 0 Å². The number of aromatic hydroxyl groups is 2. The lowest BCUT2D eigenvalue weighted by atomic mass is 9.86. The first kappa shape index (κ1) is 30.8. The summed E-state index contributed by atoms with van der Waals surface area (Å²) in [6.45, 7) is 19.8. The lowest BCUT2D eigenvalue weighted by Gasteiger charge is -2.40. The van der Waals surface area contributed by atoms with Crippen molar-refractivity contribution in [2.45, 2.75) is 103 Å². The zero-order chi connectivity index (χ0) is 29.9. The summed E-state index contributed by atoms with van der Waals surface area (Å²) in [5.74, 6) is 0.105. The number of rotatable bonds is 8. The predicted molar refractivity (Wildman–Crippen MR) is 171 cm³/mol. The van der Waals surface area contributed by atoms with Gasteiger partial charge in [-0.25, -0.2) is 0 Å². The van der Waals surface area contributed by atoms with Crippen molar-refractivity contribution in [3.05, 3.63) is 101 Å². The molecule has 0 aromatic heterocycles. The highest BCUT2D eigenvalue weighted by Crippen LogP contribution is 2.38. The van der Waals surface area contributed by atoms with Crippen LogP contribution in [0.4, 0.5) is 0 Å². The van der Waals surface area contributed by atoms with Gasteiger partial charge in [0.1, 0.15) is 11.5 Å². The molecule has 1 aliphatic rings. The van der Waals surface area contributed by atoms with E-state index in [-0.39, 0.29) is 40.8 Å². The lowest BCUT2D eigenvalue weighted by Crippen LogP contribution is -2.54. The maximum absolute atomic E-state index is 11.0. The van der Waals surface area contributed by atoms with E-state index in [0.717, 1.165) is 42.4 Å². The average molecular weight is 556 g/mol. The summed E-state index contributed by atoms with van der Waals surface area (Å²) in [6, 6.07) is 20.8. The topological polar surface area (TPSA) is 76.5 Å². The molecule has 0 bridgehead atoms. The molecular formula is C36H49N3O2. The van der Waals surface area contributed by atoms with Crippen LogP contribution in [-0.2, 0) is 10.8 Å². The molecule has 2 atom stereocenters. The first-order valence-corrected chi connectivity index (χ1v) is 15.0. The molecule has 0 aliphatic carbocycles. The Hall–Kier alpha value is -3.12. The molecule has 1 saturated heterocycles. The van der Waals surface area contributed by atoms with Crippen molar-refractivity contribution in [3.63, 3.8) is 0 Å². The number of phenolic OH excluding ortho intramolecular Hbond substituents is 2. The molecule has 5 nitrogen and oxygen atoms in total. The molecule has 0 radical (unpaired) electrons. The van der Waals surface area contributed by atoms with Crippen LogP contribution in [0.3, 0.4) is 0 Å². The van der Waals surface area contributed by atoms with Crippen LogP contribution in [0.1, 0.15) is 126 Å². The zero-order valence-electron chi connectivity index (χ0n) is 25.9. The molecule has 220 valence electrons. The smallest absolute Gasteiger partial charge is 0.126 e. The third-order valence-electron chi connectivity index (χ3n) is 8.14. The number of benzene rings is 3. The summed E-state index contributed by atoms with van der Waals surface area (Å²) >= 11 is 0. The lowest BCUT2D eigenvalue weighted by molar-refractivity contribution is 0.200. The van der Waals surface area contributed by atoms with E-state index in [1.807, 2.05) is 6.07 Å². The van der Waals surface area contributed by atoms with Crippen molar-refractivity contribution < 1.29 is 10.2 Å². The monoisotopic (exact) mass is 555 g/mol. The fraction of sp³-hybridized carbons (Fsp3) is 0.444. The molecule has 1 heterocycles. The zero-order valence-corrected chi connectivity index (χ0v) is 25.9. The van der Waals surface area contributed by atoms with Gasteiger partial charge >= 0.3 is 0 Å². The number of phenols is 2. The van der Waals surface area contributed by atoms with Gasteiger partial charge in [-0.05, 0) is 57.6 Å². The molecule has 2 unspecified atom stereocenters. The van der Waals surface area contributed by atoms with Gasteiger partial charge in [-0.2, -0.15) is 0 Å². The van der Waals surface area contributed by atoms with E-state index in [1.165, 1.54) is 17.2 Å². The fourth-order valence-electron chi connectivity index (χ4n) is 5.39. The maximum atomic E-state index is 11.0. The van der Waals surface area contributed by atoms with Gasteiger partial charge in [-0.15, -0.1) is 0 Å². The van der Waals surface area contributed by atoms with Crippen molar-refractivity contribution in [1.29, 1.82) is 0 Å². The highest BCUT2D eigenvalue weighted by Gasteiger charge is 2.32. The molecule has 5 N–H and O–H groups in total. The standard InChI is InChI=1S/C36H49N3O2/c1-9-10-11-12-23(2)28-21-29(31(41)22-30(28)40)34-38-32(24-13-17-26(18-14-24)35(3,4)5)37-33(39-34)25-15-19-27(20-16-25)36(6,7)8/h13-22,32-34,37-41H,2,9-12H2,1,3-8H3. The van der Waals surface area contributed by atoms with Gasteiger partial charge in [0.25, 0.3) is 0 Å². The summed E-state index contributed by atoms with van der Waals surface area (Å²) in [6.07, 6.45) is 3.35. The van der Waals surface area contributed by atoms with Crippen LogP contribution in [0.5, 0.6) is 11.5 Å². The van der Waals surface area contributed by atoms with Crippen molar-refractivity contribution in [1.82, 2.24) is 16.0 Å². The molecule has 4 rings (SSSR count). The highest BCUT2D eigenvalue weighted by molar-refractivity contribution is 5.70. The van der Waals surface area contributed by atoms with Crippen LogP contribution in [-0.4, -0.2) is 10.2 Å². The Morgan fingerprint density at radius 1 is 0.683 bits per heavy atom. The Labute approximate surface area is 247 Å². The molecule has 0 saturated carbocycles. The summed E-state index contributed by atoms with van der Waals surface area (Å²) in [5.41, 5.74) is 7.19. The Kier molecular flexibility index (Phi) is 9.32. The van der Waals surface area contributed by atoms with Gasteiger partial charge < -0.3 is 10.2 Å². The molecule has 0 amide bonds. The normalized spacial score (nSPS) is 19.7. The van der Waals surface area contributed by atoms with E-state index in [1.54, 1.807) is 0 Å². The Morgan fingerprint density at radius 3 is 1.59 bits per heavy atom. The molecule has 5 heteroatoms. The first-order chi connectivity index (χ1) is 19.3. The van der Waals surface area contributed by atoms with E-state index in [9.17, 15) is 10.2 Å². The van der Waals surface area contributed by atoms with E-state index < -0.39 is 0 Å². The van der Waals surface area contributed by atoms with Gasteiger partial charge in [0.05, 0.1) is 18.5 Å². The van der Waals surface area contributed by atoms with Crippen molar-refractivity contribution in [3.8, 4) is 11.5 Å². The molecule has 1 aliphatic heterocycles. The first-order valence-electron chi connectivity index (χ1n) is 15.0. The van der Waals surface area contributed by atoms with Gasteiger partial charge in [0, 0.05) is 17.2 Å². The Balaban J connectivity index is 1.70. The summed E-state index contributed by atoms with van der Waals surface area (Å²) in [5, 5.41) is 32.8. The minimum absolute atomic E-state index is 0.0446. The second-order valence-corrected chi connectivity index (χ2v) is 13.5. The number of hydrogen-bond acceptors (Lipinski definition) is 5. The molecule has 41 heavy (non-hydrogen) atoms. The van der Waals surface area contributed by atoms with E-state index in [4.69, 9.17) is 0 Å². The maximum Gasteiger partial charge on any atom is 0.126 e. The van der Waals surface area contributed by atoms with Crippen LogP contribution in [0.25, 0.3) is 5.57 Å². The molecular weight excluding hydrogens is 506 g/mol. The second-order valence-electron chi connectivity index (χ2n) is 13.5. The minimum Gasteiger partial charge on any atom is -0.507 e. The Morgan fingerprint density at radius 2 is 1.15 bits per heavy atom. The summed E-state index contributed by atoms with van der Waals surface area (Å²) < 4.78 is 0. The van der Waals surface area contributed by atoms with Gasteiger partial charge in [-0.3, -0.25) is 16.0 Å². The number of nitrogens with one attached hydrogen (secondary N) is 3. The van der Waals surface area contributed by atoms with Gasteiger partial charge in [0.2, 0.25) is 0 Å². The van der Waals surface area contributed by atoms with Crippen LogP contribution in [0.15, 0.2) is 67.2 Å². The quantitative estimate of drug-likeness (QED) is 0.180.